The van der Waals surface area contributed by atoms with Crippen LogP contribution in [-0.4, -0.2) is 20.6 Å². The number of amides is 1. The normalized spacial score (nSPS) is 11.4. The van der Waals surface area contributed by atoms with Crippen molar-refractivity contribution in [2.45, 2.75) is 13.1 Å². The van der Waals surface area contributed by atoms with Crippen LogP contribution in [0.5, 0.6) is 0 Å². The van der Waals surface area contributed by atoms with E-state index in [0.29, 0.717) is 6.07 Å². The fourth-order valence-corrected chi connectivity index (χ4v) is 2.37. The molecule has 0 aliphatic heterocycles. The van der Waals surface area contributed by atoms with Crippen molar-refractivity contribution in [3.8, 4) is 5.69 Å². The summed E-state index contributed by atoms with van der Waals surface area (Å²) in [6, 6.07) is 1.60. The molecule has 0 spiro atoms. The molecular weight excluding hydrogens is 376 g/mol. The Balaban J connectivity index is 2.67. The summed E-state index contributed by atoms with van der Waals surface area (Å²) >= 11 is 11.5. The molecule has 1 N–H and O–H groups in total. The van der Waals surface area contributed by atoms with Crippen LogP contribution < -0.4 is 5.32 Å². The van der Waals surface area contributed by atoms with E-state index < -0.39 is 38.3 Å². The van der Waals surface area contributed by atoms with Crippen LogP contribution in [0.4, 0.5) is 24.7 Å². The maximum absolute atomic E-state index is 12.8. The summed E-state index contributed by atoms with van der Waals surface area (Å²) in [5.41, 5.74) is -1.88. The van der Waals surface area contributed by atoms with Crippen molar-refractivity contribution >= 4 is 40.6 Å². The van der Waals surface area contributed by atoms with Crippen molar-refractivity contribution in [1.29, 1.82) is 0 Å². The summed E-state index contributed by atoms with van der Waals surface area (Å²) < 4.78 is 39.3. The highest BCUT2D eigenvalue weighted by Gasteiger charge is 2.35. The van der Waals surface area contributed by atoms with Gasteiger partial charge < -0.3 is 5.32 Å². The zero-order chi connectivity index (χ0) is 18.2. The van der Waals surface area contributed by atoms with Crippen LogP contribution in [0, 0.1) is 10.1 Å². The van der Waals surface area contributed by atoms with Gasteiger partial charge in [0.1, 0.15) is 6.20 Å². The van der Waals surface area contributed by atoms with E-state index in [9.17, 15) is 28.1 Å². The van der Waals surface area contributed by atoms with Gasteiger partial charge in [0.15, 0.2) is 0 Å². The van der Waals surface area contributed by atoms with E-state index in [0.717, 1.165) is 23.9 Å². The molecule has 1 heterocycles. The predicted octanol–water partition coefficient (Wildman–Crippen LogP) is 4.06. The number of hydrogen-bond acceptors (Lipinski definition) is 4. The number of carbonyl (C=O) groups excluding carboxylic acids is 1. The molecule has 0 fully saturated rings. The minimum Gasteiger partial charge on any atom is -0.305 e. The lowest BCUT2D eigenvalue weighted by molar-refractivity contribution is -0.384. The van der Waals surface area contributed by atoms with Gasteiger partial charge in [0.2, 0.25) is 11.7 Å². The van der Waals surface area contributed by atoms with Gasteiger partial charge in [0.05, 0.1) is 26.2 Å². The predicted molar refractivity (Wildman–Crippen MR) is 79.5 cm³/mol. The average Bonchev–Trinajstić information content (AvgIpc) is 2.83. The molecule has 0 aliphatic rings. The van der Waals surface area contributed by atoms with E-state index in [2.05, 4.69) is 10.4 Å². The number of halogens is 5. The van der Waals surface area contributed by atoms with E-state index in [1.54, 1.807) is 0 Å². The Labute approximate surface area is 142 Å². The first-order chi connectivity index (χ1) is 11.0. The number of benzene rings is 1. The topological polar surface area (TPSA) is 90.1 Å². The smallest absolute Gasteiger partial charge is 0.305 e. The summed E-state index contributed by atoms with van der Waals surface area (Å²) in [4.78, 5) is 21.4. The third-order valence-corrected chi connectivity index (χ3v) is 3.71. The number of rotatable bonds is 3. The first kappa shape index (κ1) is 18.0. The zero-order valence-electron chi connectivity index (χ0n) is 11.7. The van der Waals surface area contributed by atoms with Crippen molar-refractivity contribution in [3.05, 3.63) is 44.1 Å². The Morgan fingerprint density at radius 2 is 1.96 bits per heavy atom. The van der Waals surface area contributed by atoms with Gasteiger partial charge in [0.25, 0.3) is 0 Å². The minimum atomic E-state index is -4.73. The first-order valence-corrected chi connectivity index (χ1v) is 6.85. The highest BCUT2D eigenvalue weighted by Crippen LogP contribution is 2.41. The molecule has 128 valence electrons. The van der Waals surface area contributed by atoms with E-state index in [-0.39, 0.29) is 11.5 Å². The van der Waals surface area contributed by atoms with E-state index in [4.69, 9.17) is 23.2 Å². The zero-order valence-corrected chi connectivity index (χ0v) is 13.2. The molecule has 24 heavy (non-hydrogen) atoms. The van der Waals surface area contributed by atoms with Gasteiger partial charge in [-0.25, -0.2) is 4.68 Å². The lowest BCUT2D eigenvalue weighted by atomic mass is 10.2. The Morgan fingerprint density at radius 3 is 2.46 bits per heavy atom. The molecule has 0 radical (unpaired) electrons. The van der Waals surface area contributed by atoms with E-state index in [1.165, 1.54) is 0 Å². The van der Waals surface area contributed by atoms with Crippen LogP contribution >= 0.6 is 23.2 Å². The Kier molecular flexibility index (Phi) is 4.72. The Bertz CT molecular complexity index is 836. The van der Waals surface area contributed by atoms with Crippen LogP contribution in [0.3, 0.4) is 0 Å². The number of nitrogens with one attached hydrogen (secondary N) is 1. The van der Waals surface area contributed by atoms with Gasteiger partial charge >= 0.3 is 11.9 Å². The molecule has 0 bridgehead atoms. The van der Waals surface area contributed by atoms with Crippen molar-refractivity contribution in [3.63, 3.8) is 0 Å². The number of nitro groups is 1. The number of aromatic nitrogens is 2. The second-order valence-corrected chi connectivity index (χ2v) is 5.24. The van der Waals surface area contributed by atoms with Gasteiger partial charge in [-0.2, -0.15) is 18.3 Å². The molecule has 1 aromatic heterocycles. The van der Waals surface area contributed by atoms with Gasteiger partial charge in [-0.05, 0) is 12.1 Å². The molecule has 2 rings (SSSR count). The van der Waals surface area contributed by atoms with Crippen LogP contribution in [-0.2, 0) is 11.0 Å². The third-order valence-electron chi connectivity index (χ3n) is 2.84. The number of hydrogen-bond donors (Lipinski definition) is 1. The average molecular weight is 383 g/mol. The quantitative estimate of drug-likeness (QED) is 0.639. The first-order valence-electron chi connectivity index (χ1n) is 6.09. The van der Waals surface area contributed by atoms with Crippen LogP contribution in [0.2, 0.25) is 10.0 Å². The lowest BCUT2D eigenvalue weighted by Gasteiger charge is -2.14. The molecule has 12 heteroatoms. The van der Waals surface area contributed by atoms with Crippen molar-refractivity contribution < 1.29 is 22.9 Å². The molecule has 0 unspecified atom stereocenters. The van der Waals surface area contributed by atoms with E-state index in [1.807, 2.05) is 0 Å². The third kappa shape index (κ3) is 3.29. The van der Waals surface area contributed by atoms with Crippen LogP contribution in [0.1, 0.15) is 12.5 Å². The molecule has 0 aliphatic carbocycles. The lowest BCUT2D eigenvalue weighted by Crippen LogP contribution is -2.13. The molecule has 1 aromatic carbocycles. The number of nitrogens with zero attached hydrogens (tertiary/aromatic N) is 3. The number of alkyl halides is 3. The summed E-state index contributed by atoms with van der Waals surface area (Å²) in [6.07, 6.45) is -3.90. The summed E-state index contributed by atoms with van der Waals surface area (Å²) in [7, 11) is 0. The molecule has 1 amide bonds. The molecule has 0 saturated heterocycles. The number of carbonyl (C=O) groups is 1. The van der Waals surface area contributed by atoms with Crippen LogP contribution in [0.25, 0.3) is 5.69 Å². The molecule has 0 atom stereocenters. The van der Waals surface area contributed by atoms with Crippen LogP contribution in [0.15, 0.2) is 18.3 Å². The SMILES string of the molecule is CC(=O)Nc1c([N+](=O)[O-])cnn1-c1ccc(C(F)(F)F)c(Cl)c1Cl. The summed E-state index contributed by atoms with van der Waals surface area (Å²) in [5, 5.41) is 15.6. The van der Waals surface area contributed by atoms with E-state index >= 15 is 0 Å². The van der Waals surface area contributed by atoms with Crippen molar-refractivity contribution in [1.82, 2.24) is 9.78 Å². The van der Waals surface area contributed by atoms with Crippen molar-refractivity contribution in [2.75, 3.05) is 5.32 Å². The number of anilines is 1. The van der Waals surface area contributed by atoms with Crippen molar-refractivity contribution in [2.24, 2.45) is 0 Å². The highest BCUT2D eigenvalue weighted by molar-refractivity contribution is 6.43. The monoisotopic (exact) mass is 382 g/mol. The summed E-state index contributed by atoms with van der Waals surface area (Å²) in [6.45, 7) is 1.10. The molecule has 7 nitrogen and oxygen atoms in total. The fraction of sp³-hybridized carbons (Fsp3) is 0.167. The standard InChI is InChI=1S/C12H7Cl2F3N4O3/c1-5(22)19-11-8(21(23)24)4-18-20(11)7-3-2-6(12(15,16)17)9(13)10(7)14/h2-4H,1H3,(H,19,22). The molecule has 2 aromatic rings. The molecular formula is C12H7Cl2F3N4O3. The largest absolute Gasteiger partial charge is 0.417 e. The Morgan fingerprint density at radius 1 is 1.33 bits per heavy atom. The Hall–Kier alpha value is -2.33. The second kappa shape index (κ2) is 6.29. The van der Waals surface area contributed by atoms with Gasteiger partial charge in [-0.1, -0.05) is 23.2 Å². The maximum atomic E-state index is 12.8. The van der Waals surface area contributed by atoms with Gasteiger partial charge in [-0.3, -0.25) is 14.9 Å². The van der Waals surface area contributed by atoms with Gasteiger partial charge in [-0.15, -0.1) is 0 Å². The minimum absolute atomic E-state index is 0.161. The molecule has 0 saturated carbocycles. The second-order valence-electron chi connectivity index (χ2n) is 4.49. The summed E-state index contributed by atoms with van der Waals surface area (Å²) in [5.74, 6) is -1.00. The van der Waals surface area contributed by atoms with Gasteiger partial charge in [0, 0.05) is 6.92 Å². The highest BCUT2D eigenvalue weighted by atomic mass is 35.5. The fourth-order valence-electron chi connectivity index (χ4n) is 1.86. The maximum Gasteiger partial charge on any atom is 0.417 e.